The van der Waals surface area contributed by atoms with Crippen molar-refractivity contribution in [2.75, 3.05) is 20.3 Å². The topological polar surface area (TPSA) is 67.8 Å². The van der Waals surface area contributed by atoms with Crippen molar-refractivity contribution in [2.45, 2.75) is 46.8 Å². The Kier molecular flexibility index (Phi) is 6.68. The predicted octanol–water partition coefficient (Wildman–Crippen LogP) is 2.06. The standard InChI is InChI=1S/C16H29NO4/c1-6-20-15-11(8-7-9-18)12(16(2,3)4)10-13(21-15)14(19)17-5/h10-12,15,18H,6-9H2,1-5H3,(H,17,19)/t11-,12-,15+/m1/s1. The van der Waals surface area contributed by atoms with Crippen LogP contribution in [0.3, 0.4) is 0 Å². The quantitative estimate of drug-likeness (QED) is 0.788. The summed E-state index contributed by atoms with van der Waals surface area (Å²) in [6.45, 7) is 9.04. The number of nitrogens with one attached hydrogen (secondary N) is 1. The number of amides is 1. The third-order valence-corrected chi connectivity index (χ3v) is 3.86. The largest absolute Gasteiger partial charge is 0.459 e. The molecule has 5 heteroatoms. The number of aliphatic hydroxyl groups is 1. The fraction of sp³-hybridized carbons (Fsp3) is 0.812. The number of allylic oxidation sites excluding steroid dienone is 1. The first-order valence-electron chi connectivity index (χ1n) is 7.68. The Morgan fingerprint density at radius 2 is 2.14 bits per heavy atom. The van der Waals surface area contributed by atoms with E-state index in [1.807, 2.05) is 13.0 Å². The zero-order valence-electron chi connectivity index (χ0n) is 13.8. The number of hydrogen-bond acceptors (Lipinski definition) is 4. The van der Waals surface area contributed by atoms with Crippen LogP contribution in [0.5, 0.6) is 0 Å². The maximum atomic E-state index is 11.9. The molecule has 1 heterocycles. The molecule has 0 aromatic carbocycles. The van der Waals surface area contributed by atoms with Crippen LogP contribution in [0.25, 0.3) is 0 Å². The van der Waals surface area contributed by atoms with Crippen molar-refractivity contribution < 1.29 is 19.4 Å². The Labute approximate surface area is 127 Å². The summed E-state index contributed by atoms with van der Waals surface area (Å²) >= 11 is 0. The number of ether oxygens (including phenoxy) is 2. The molecular weight excluding hydrogens is 270 g/mol. The molecule has 0 aromatic rings. The monoisotopic (exact) mass is 299 g/mol. The van der Waals surface area contributed by atoms with Crippen molar-refractivity contribution in [1.82, 2.24) is 5.32 Å². The molecule has 0 unspecified atom stereocenters. The zero-order chi connectivity index (χ0) is 16.0. The van der Waals surface area contributed by atoms with Gasteiger partial charge in [-0.2, -0.15) is 0 Å². The van der Waals surface area contributed by atoms with Gasteiger partial charge in [-0.3, -0.25) is 4.79 Å². The normalized spacial score (nSPS) is 26.0. The molecule has 0 fully saturated rings. The van der Waals surface area contributed by atoms with Gasteiger partial charge in [0.1, 0.15) is 0 Å². The van der Waals surface area contributed by atoms with E-state index in [0.717, 1.165) is 6.42 Å². The first-order valence-corrected chi connectivity index (χ1v) is 7.68. The highest BCUT2D eigenvalue weighted by atomic mass is 16.7. The highest BCUT2D eigenvalue weighted by Crippen LogP contribution is 2.42. The highest BCUT2D eigenvalue weighted by molar-refractivity contribution is 5.91. The maximum absolute atomic E-state index is 11.9. The first-order chi connectivity index (χ1) is 9.85. The van der Waals surface area contributed by atoms with Gasteiger partial charge in [0.25, 0.3) is 5.91 Å². The van der Waals surface area contributed by atoms with Gasteiger partial charge in [0.15, 0.2) is 5.76 Å². The van der Waals surface area contributed by atoms with Crippen molar-refractivity contribution in [3.8, 4) is 0 Å². The second kappa shape index (κ2) is 7.80. The molecule has 0 spiro atoms. The lowest BCUT2D eigenvalue weighted by atomic mass is 9.70. The van der Waals surface area contributed by atoms with Crippen LogP contribution in [0, 0.1) is 17.3 Å². The minimum Gasteiger partial charge on any atom is -0.459 e. The Balaban J connectivity index is 3.10. The number of carbonyl (C=O) groups excluding carboxylic acids is 1. The number of likely N-dealkylation sites (N-methyl/N-ethyl adjacent to an activating group) is 1. The summed E-state index contributed by atoms with van der Waals surface area (Å²) in [5.41, 5.74) is -0.0154. The molecular formula is C16H29NO4. The number of rotatable bonds is 6. The van der Waals surface area contributed by atoms with Gasteiger partial charge in [0, 0.05) is 26.2 Å². The summed E-state index contributed by atoms with van der Waals surface area (Å²) in [6, 6.07) is 0. The molecule has 1 amide bonds. The molecule has 3 atom stereocenters. The Morgan fingerprint density at radius 1 is 1.48 bits per heavy atom. The molecule has 0 saturated heterocycles. The van der Waals surface area contributed by atoms with Crippen molar-refractivity contribution >= 4 is 5.91 Å². The van der Waals surface area contributed by atoms with Gasteiger partial charge in [0.2, 0.25) is 6.29 Å². The van der Waals surface area contributed by atoms with E-state index in [9.17, 15) is 4.79 Å². The molecule has 0 aliphatic carbocycles. The molecule has 0 radical (unpaired) electrons. The van der Waals surface area contributed by atoms with Crippen LogP contribution in [0.2, 0.25) is 0 Å². The summed E-state index contributed by atoms with van der Waals surface area (Å²) in [4.78, 5) is 11.9. The summed E-state index contributed by atoms with van der Waals surface area (Å²) in [5.74, 6) is 0.387. The molecule has 1 rings (SSSR count). The van der Waals surface area contributed by atoms with E-state index in [4.69, 9.17) is 14.6 Å². The van der Waals surface area contributed by atoms with Crippen molar-refractivity contribution in [3.05, 3.63) is 11.8 Å². The lowest BCUT2D eigenvalue weighted by molar-refractivity contribution is -0.179. The predicted molar refractivity (Wildman–Crippen MR) is 81.4 cm³/mol. The molecule has 1 aliphatic heterocycles. The Hall–Kier alpha value is -1.07. The number of carbonyl (C=O) groups is 1. The first kappa shape index (κ1) is 18.0. The SMILES string of the molecule is CCO[C@H]1OC(C(=O)NC)=C[C@@H](C(C)(C)C)[C@H]1CCCO. The van der Waals surface area contributed by atoms with Gasteiger partial charge < -0.3 is 19.9 Å². The van der Waals surface area contributed by atoms with Gasteiger partial charge in [-0.1, -0.05) is 20.8 Å². The lowest BCUT2D eigenvalue weighted by Crippen LogP contribution is -2.43. The third kappa shape index (κ3) is 4.71. The van der Waals surface area contributed by atoms with Crippen LogP contribution in [-0.2, 0) is 14.3 Å². The second-order valence-corrected chi connectivity index (χ2v) is 6.47. The van der Waals surface area contributed by atoms with Gasteiger partial charge in [0.05, 0.1) is 0 Å². The lowest BCUT2D eigenvalue weighted by Gasteiger charge is -2.42. The van der Waals surface area contributed by atoms with Crippen LogP contribution in [0.1, 0.15) is 40.5 Å². The van der Waals surface area contributed by atoms with Crippen LogP contribution < -0.4 is 5.32 Å². The van der Waals surface area contributed by atoms with E-state index < -0.39 is 6.29 Å². The van der Waals surface area contributed by atoms with Crippen molar-refractivity contribution in [3.63, 3.8) is 0 Å². The van der Waals surface area contributed by atoms with E-state index in [1.54, 1.807) is 7.05 Å². The summed E-state index contributed by atoms with van der Waals surface area (Å²) in [6.07, 6.45) is 2.98. The second-order valence-electron chi connectivity index (χ2n) is 6.47. The van der Waals surface area contributed by atoms with Crippen LogP contribution in [0.4, 0.5) is 0 Å². The molecule has 122 valence electrons. The van der Waals surface area contributed by atoms with E-state index >= 15 is 0 Å². The van der Waals surface area contributed by atoms with Gasteiger partial charge in [-0.25, -0.2) is 0 Å². The average Bonchev–Trinajstić information content (AvgIpc) is 2.43. The molecule has 0 bridgehead atoms. The summed E-state index contributed by atoms with van der Waals surface area (Å²) in [5, 5.41) is 11.7. The average molecular weight is 299 g/mol. The van der Waals surface area contributed by atoms with E-state index in [1.165, 1.54) is 0 Å². The van der Waals surface area contributed by atoms with Crippen LogP contribution >= 0.6 is 0 Å². The molecule has 0 saturated carbocycles. The Morgan fingerprint density at radius 3 is 2.62 bits per heavy atom. The van der Waals surface area contributed by atoms with E-state index in [-0.39, 0.29) is 29.8 Å². The molecule has 21 heavy (non-hydrogen) atoms. The number of aliphatic hydroxyl groups excluding tert-OH is 1. The molecule has 0 aromatic heterocycles. The van der Waals surface area contributed by atoms with Crippen molar-refractivity contribution in [2.24, 2.45) is 17.3 Å². The van der Waals surface area contributed by atoms with Crippen LogP contribution in [0.15, 0.2) is 11.8 Å². The Bertz CT molecular complexity index is 373. The van der Waals surface area contributed by atoms with E-state index in [0.29, 0.717) is 18.8 Å². The fourth-order valence-electron chi connectivity index (χ4n) is 2.82. The summed E-state index contributed by atoms with van der Waals surface area (Å²) in [7, 11) is 1.59. The van der Waals surface area contributed by atoms with Crippen LogP contribution in [-0.4, -0.2) is 37.6 Å². The van der Waals surface area contributed by atoms with Gasteiger partial charge >= 0.3 is 0 Å². The summed E-state index contributed by atoms with van der Waals surface area (Å²) < 4.78 is 11.5. The molecule has 5 nitrogen and oxygen atoms in total. The minimum atomic E-state index is -0.442. The van der Waals surface area contributed by atoms with Crippen molar-refractivity contribution in [1.29, 1.82) is 0 Å². The smallest absolute Gasteiger partial charge is 0.285 e. The third-order valence-electron chi connectivity index (χ3n) is 3.86. The van der Waals surface area contributed by atoms with Gasteiger partial charge in [-0.15, -0.1) is 0 Å². The van der Waals surface area contributed by atoms with E-state index in [2.05, 4.69) is 26.1 Å². The fourth-order valence-corrected chi connectivity index (χ4v) is 2.82. The molecule has 1 aliphatic rings. The van der Waals surface area contributed by atoms with Gasteiger partial charge in [-0.05, 0) is 37.2 Å². The molecule has 2 N–H and O–H groups in total. The highest BCUT2D eigenvalue weighted by Gasteiger charge is 2.41. The number of hydrogen-bond donors (Lipinski definition) is 2. The minimum absolute atomic E-state index is 0.0154. The maximum Gasteiger partial charge on any atom is 0.285 e. The zero-order valence-corrected chi connectivity index (χ0v) is 13.8.